The maximum Gasteiger partial charge on any atom is 0.407 e. The average Bonchev–Trinajstić information content (AvgIpc) is 2.66. The average molecular weight is 388 g/mol. The number of hydrogen-bond donors (Lipinski definition) is 1. The van der Waals surface area contributed by atoms with Crippen LogP contribution in [0.1, 0.15) is 28.0 Å². The highest BCUT2D eigenvalue weighted by molar-refractivity contribution is 14.1. The number of carbonyl (C=O) groups excluding carboxylic acids is 1. The zero-order chi connectivity index (χ0) is 14.5. The number of halogens is 1. The van der Waals surface area contributed by atoms with Crippen molar-refractivity contribution in [1.82, 2.24) is 9.88 Å². The smallest absolute Gasteiger partial charge is 0.407 e. The number of aryl methyl sites for hydroxylation is 1. The molecule has 0 aromatic carbocycles. The summed E-state index contributed by atoms with van der Waals surface area (Å²) in [7, 11) is 0. The molecule has 0 radical (unpaired) electrons. The van der Waals surface area contributed by atoms with E-state index in [4.69, 9.17) is 9.84 Å². The number of pyridine rings is 1. The number of piperidine rings is 1. The first kappa shape index (κ1) is 13.6. The minimum Gasteiger partial charge on any atom is -0.465 e. The van der Waals surface area contributed by atoms with Gasteiger partial charge in [-0.3, -0.25) is 0 Å². The molecule has 0 bridgehead atoms. The molecule has 6 nitrogen and oxygen atoms in total. The van der Waals surface area contributed by atoms with E-state index in [0.29, 0.717) is 25.2 Å². The van der Waals surface area contributed by atoms with Gasteiger partial charge in [-0.25, -0.2) is 14.6 Å². The van der Waals surface area contributed by atoms with E-state index in [0.717, 1.165) is 11.1 Å². The fourth-order valence-electron chi connectivity index (χ4n) is 2.81. The van der Waals surface area contributed by atoms with Crippen LogP contribution in [0.15, 0.2) is 12.3 Å². The predicted octanol–water partition coefficient (Wildman–Crippen LogP) is 1.94. The normalized spacial score (nSPS) is 28.4. The first-order chi connectivity index (χ1) is 9.44. The van der Waals surface area contributed by atoms with Gasteiger partial charge in [-0.1, -0.05) is 22.6 Å². The van der Waals surface area contributed by atoms with E-state index in [9.17, 15) is 9.59 Å². The number of hydrogen-bond acceptors (Lipinski definition) is 4. The zero-order valence-electron chi connectivity index (χ0n) is 10.8. The lowest BCUT2D eigenvalue weighted by Crippen LogP contribution is -2.52. The number of fused-ring (bicyclic) bond motifs is 2. The molecule has 0 aliphatic carbocycles. The summed E-state index contributed by atoms with van der Waals surface area (Å²) in [5, 5.41) is 9.08. The van der Waals surface area contributed by atoms with Crippen LogP contribution in [0.3, 0.4) is 0 Å². The second-order valence-corrected chi connectivity index (χ2v) is 6.64. The van der Waals surface area contributed by atoms with E-state index in [1.54, 1.807) is 6.20 Å². The summed E-state index contributed by atoms with van der Waals surface area (Å²) in [5.74, 6) is -0.412. The second kappa shape index (κ2) is 4.57. The van der Waals surface area contributed by atoms with Gasteiger partial charge in [-0.05, 0) is 18.6 Å². The molecule has 1 fully saturated rings. The van der Waals surface area contributed by atoms with Crippen LogP contribution >= 0.6 is 22.6 Å². The molecule has 1 aromatic rings. The number of aromatic nitrogens is 1. The van der Waals surface area contributed by atoms with Gasteiger partial charge in [0.05, 0.1) is 3.92 Å². The summed E-state index contributed by atoms with van der Waals surface area (Å²) >= 11 is 2.17. The Labute approximate surface area is 129 Å². The van der Waals surface area contributed by atoms with E-state index in [2.05, 4.69) is 27.6 Å². The number of ether oxygens (including phenoxy) is 1. The molecule has 106 valence electrons. The topological polar surface area (TPSA) is 79.7 Å². The maximum atomic E-state index is 12.0. The minimum atomic E-state index is -0.937. The summed E-state index contributed by atoms with van der Waals surface area (Å²) in [5.41, 5.74) is 1.39. The molecule has 1 N–H and O–H groups in total. The van der Waals surface area contributed by atoms with E-state index in [-0.39, 0.29) is 3.92 Å². The molecule has 1 amide bonds. The zero-order valence-corrected chi connectivity index (χ0v) is 13.0. The Morgan fingerprint density at radius 1 is 1.65 bits per heavy atom. The summed E-state index contributed by atoms with van der Waals surface area (Å²) in [6, 6.07) is 1.93. The molecule has 20 heavy (non-hydrogen) atoms. The Morgan fingerprint density at radius 3 is 3.05 bits per heavy atom. The van der Waals surface area contributed by atoms with E-state index in [1.165, 1.54) is 4.90 Å². The van der Waals surface area contributed by atoms with Gasteiger partial charge in [-0.2, -0.15) is 0 Å². The van der Waals surface area contributed by atoms with Crippen molar-refractivity contribution in [3.8, 4) is 0 Å². The number of esters is 1. The maximum absolute atomic E-state index is 12.0. The molecule has 3 rings (SSSR count). The third-order valence-corrected chi connectivity index (χ3v) is 5.26. The number of nitrogens with zero attached hydrogens (tertiary/aromatic N) is 2. The summed E-state index contributed by atoms with van der Waals surface area (Å²) in [6.45, 7) is 2.62. The highest BCUT2D eigenvalue weighted by atomic mass is 127. The Hall–Kier alpha value is -1.38. The minimum absolute atomic E-state index is 0.126. The number of likely N-dealkylation sites (tertiary alicyclic amines) is 1. The number of alkyl halides is 1. The monoisotopic (exact) mass is 388 g/mol. The van der Waals surface area contributed by atoms with E-state index < -0.39 is 17.7 Å². The molecule has 1 spiro atoms. The van der Waals surface area contributed by atoms with E-state index in [1.807, 2.05) is 13.0 Å². The van der Waals surface area contributed by atoms with Crippen LogP contribution in [-0.2, 0) is 10.3 Å². The van der Waals surface area contributed by atoms with Crippen LogP contribution < -0.4 is 0 Å². The molecule has 2 aliphatic rings. The molecular weight excluding hydrogens is 375 g/mol. The van der Waals surface area contributed by atoms with Crippen molar-refractivity contribution < 1.29 is 19.4 Å². The van der Waals surface area contributed by atoms with Gasteiger partial charge in [0, 0.05) is 31.3 Å². The molecule has 2 unspecified atom stereocenters. The molecule has 2 aliphatic heterocycles. The Bertz CT molecular complexity index is 606. The Balaban J connectivity index is 2.02. The molecule has 7 heteroatoms. The molecule has 1 saturated heterocycles. The highest BCUT2D eigenvalue weighted by Gasteiger charge is 2.54. The van der Waals surface area contributed by atoms with Crippen LogP contribution in [0.5, 0.6) is 0 Å². The first-order valence-corrected chi connectivity index (χ1v) is 7.51. The van der Waals surface area contributed by atoms with Crippen molar-refractivity contribution in [3.63, 3.8) is 0 Å². The number of carboxylic acid groups (broad SMARTS) is 1. The fourth-order valence-corrected chi connectivity index (χ4v) is 4.05. The molecule has 2 atom stereocenters. The first-order valence-electron chi connectivity index (χ1n) is 6.26. The summed E-state index contributed by atoms with van der Waals surface area (Å²) < 4.78 is 5.50. The third-order valence-electron chi connectivity index (χ3n) is 3.86. The van der Waals surface area contributed by atoms with Crippen molar-refractivity contribution in [3.05, 3.63) is 29.1 Å². The van der Waals surface area contributed by atoms with Crippen molar-refractivity contribution in [2.75, 3.05) is 13.1 Å². The van der Waals surface area contributed by atoms with Gasteiger partial charge < -0.3 is 14.7 Å². The fraction of sp³-hybridized carbons (Fsp3) is 0.462. The summed E-state index contributed by atoms with van der Waals surface area (Å²) in [6.07, 6.45) is 1.18. The molecule has 3 heterocycles. The predicted molar refractivity (Wildman–Crippen MR) is 78.1 cm³/mol. The number of rotatable bonds is 0. The highest BCUT2D eigenvalue weighted by Crippen LogP contribution is 2.46. The van der Waals surface area contributed by atoms with Gasteiger partial charge in [0.1, 0.15) is 0 Å². The van der Waals surface area contributed by atoms with Crippen molar-refractivity contribution >= 4 is 34.7 Å². The van der Waals surface area contributed by atoms with Crippen molar-refractivity contribution in [1.29, 1.82) is 0 Å². The van der Waals surface area contributed by atoms with Crippen LogP contribution in [-0.4, -0.2) is 44.1 Å². The van der Waals surface area contributed by atoms with Crippen LogP contribution in [0.4, 0.5) is 4.79 Å². The van der Waals surface area contributed by atoms with Crippen molar-refractivity contribution in [2.24, 2.45) is 0 Å². The molecular formula is C13H13IN2O4. The van der Waals surface area contributed by atoms with Crippen molar-refractivity contribution in [2.45, 2.75) is 22.9 Å². The van der Waals surface area contributed by atoms with Crippen LogP contribution in [0, 0.1) is 6.92 Å². The van der Waals surface area contributed by atoms with Gasteiger partial charge in [0.2, 0.25) is 0 Å². The van der Waals surface area contributed by atoms with Gasteiger partial charge in [0.25, 0.3) is 0 Å². The SMILES string of the molecule is Cc1cnc2c(c1)C1(CCN(C(=O)O)CC1I)OC2=O. The van der Waals surface area contributed by atoms with Crippen LogP contribution in [0.2, 0.25) is 0 Å². The lowest BCUT2D eigenvalue weighted by molar-refractivity contribution is -0.0318. The second-order valence-electron chi connectivity index (χ2n) is 5.13. The Kier molecular flexibility index (Phi) is 3.11. The lowest BCUT2D eigenvalue weighted by Gasteiger charge is -2.41. The molecule has 0 saturated carbocycles. The van der Waals surface area contributed by atoms with Crippen LogP contribution in [0.25, 0.3) is 0 Å². The quantitative estimate of drug-likeness (QED) is 0.418. The van der Waals surface area contributed by atoms with Gasteiger partial charge in [0.15, 0.2) is 11.3 Å². The van der Waals surface area contributed by atoms with Gasteiger partial charge in [-0.15, -0.1) is 0 Å². The van der Waals surface area contributed by atoms with E-state index >= 15 is 0 Å². The summed E-state index contributed by atoms with van der Waals surface area (Å²) in [4.78, 5) is 28.6. The molecule has 1 aromatic heterocycles. The number of amides is 1. The van der Waals surface area contributed by atoms with Gasteiger partial charge >= 0.3 is 12.1 Å². The Morgan fingerprint density at radius 2 is 2.40 bits per heavy atom. The number of carbonyl (C=O) groups is 2. The standard InChI is InChI=1S/C13H13IN2O4/c1-7-4-8-10(15-5-7)11(17)20-13(8)2-3-16(12(18)19)6-9(13)14/h4-5,9H,2-3,6H2,1H3,(H,18,19). The largest absolute Gasteiger partial charge is 0.465 e. The third kappa shape index (κ3) is 1.87. The lowest BCUT2D eigenvalue weighted by atomic mass is 9.84.